The molecule has 0 radical (unpaired) electrons. The van der Waals surface area contributed by atoms with E-state index in [4.69, 9.17) is 15.7 Å². The second-order valence-corrected chi connectivity index (χ2v) is 13.5. The van der Waals surface area contributed by atoms with Crippen LogP contribution in [0.15, 0.2) is 72.2 Å². The van der Waals surface area contributed by atoms with E-state index >= 15 is 0 Å². The van der Waals surface area contributed by atoms with Gasteiger partial charge in [-0.1, -0.05) is 84.2 Å². The molecule has 1 aliphatic heterocycles. The Morgan fingerprint density at radius 2 is 1.48 bits per heavy atom. The Hall–Kier alpha value is -1.56. The number of benzene rings is 2. The van der Waals surface area contributed by atoms with E-state index in [-0.39, 0.29) is 5.97 Å². The van der Waals surface area contributed by atoms with Crippen molar-refractivity contribution < 1.29 is 9.53 Å². The van der Waals surface area contributed by atoms with Gasteiger partial charge in [-0.3, -0.25) is 4.79 Å². The molecule has 0 saturated heterocycles. The van der Waals surface area contributed by atoms with Crippen LogP contribution in [0.4, 0.5) is 0 Å². The lowest BCUT2D eigenvalue weighted by Gasteiger charge is -2.16. The first-order valence-corrected chi connectivity index (χ1v) is 15.8. The minimum absolute atomic E-state index is 0.159. The van der Waals surface area contributed by atoms with Crippen molar-refractivity contribution >= 4 is 45.3 Å². The van der Waals surface area contributed by atoms with E-state index in [1.165, 1.54) is 17.7 Å². The third-order valence-electron chi connectivity index (χ3n) is 5.55. The molecule has 3 rings (SSSR count). The zero-order valence-corrected chi connectivity index (χ0v) is 21.6. The summed E-state index contributed by atoms with van der Waals surface area (Å²) in [5.41, 5.74) is 13.9. The lowest BCUT2D eigenvalue weighted by molar-refractivity contribution is -0.134. The van der Waals surface area contributed by atoms with Crippen molar-refractivity contribution in [2.45, 2.75) is 51.4 Å². The maximum Gasteiger partial charge on any atom is 0.311 e. The zero-order valence-electron chi connectivity index (χ0n) is 19.1. The van der Waals surface area contributed by atoms with E-state index in [0.717, 1.165) is 54.0 Å². The highest BCUT2D eigenvalue weighted by atomic mass is 33.1. The molecule has 0 aromatic heterocycles. The number of hydrogen-bond donors (Lipinski definition) is 2. The lowest BCUT2D eigenvalue weighted by atomic mass is 10.1. The average molecular weight is 502 g/mol. The number of ether oxygens (including phenoxy) is 1. The lowest BCUT2D eigenvalue weighted by Crippen LogP contribution is -2.28. The number of allylic oxidation sites excluding steroid dienone is 1. The van der Waals surface area contributed by atoms with Crippen LogP contribution in [0.1, 0.15) is 56.9 Å². The molecule has 7 heteroatoms. The molecule has 2 aromatic rings. The summed E-state index contributed by atoms with van der Waals surface area (Å²) in [5.74, 6) is 0.446. The molecule has 0 spiro atoms. The molecule has 0 unspecified atom stereocenters. The van der Waals surface area contributed by atoms with Gasteiger partial charge in [0.25, 0.3) is 0 Å². The van der Waals surface area contributed by atoms with Crippen LogP contribution in [-0.4, -0.2) is 12.1 Å². The summed E-state index contributed by atoms with van der Waals surface area (Å²) >= 11 is 0. The van der Waals surface area contributed by atoms with Gasteiger partial charge in [-0.25, -0.2) is 0 Å². The number of carbonyl (C=O) groups excluding carboxylic acids is 1. The quantitative estimate of drug-likeness (QED) is 0.101. The van der Waals surface area contributed by atoms with E-state index in [1.807, 2.05) is 54.6 Å². The number of hydrogen-bond acceptors (Lipinski definition) is 6. The molecule has 0 fully saturated rings. The molecule has 0 bridgehead atoms. The summed E-state index contributed by atoms with van der Waals surface area (Å²) in [6, 6.07) is 17.8. The molecule has 2 aromatic carbocycles. The summed E-state index contributed by atoms with van der Waals surface area (Å²) in [6.45, 7) is 3.95. The minimum Gasteiger partial charge on any atom is -0.427 e. The highest BCUT2D eigenvalue weighted by molar-refractivity contribution is 8.82. The van der Waals surface area contributed by atoms with Crippen LogP contribution in [0.2, 0.25) is 0 Å². The van der Waals surface area contributed by atoms with E-state index in [9.17, 15) is 4.79 Å². The van der Waals surface area contributed by atoms with Crippen molar-refractivity contribution in [1.29, 1.82) is 0 Å². The molecule has 0 amide bonds. The molecule has 1 heterocycles. The Balaban J connectivity index is 1.22. The van der Waals surface area contributed by atoms with Crippen LogP contribution in [-0.2, 0) is 4.79 Å². The maximum absolute atomic E-state index is 12.1. The summed E-state index contributed by atoms with van der Waals surface area (Å²) in [6.07, 6.45) is 11.1. The maximum atomic E-state index is 12.1. The molecule has 176 valence electrons. The molecule has 4 N–H and O–H groups in total. The van der Waals surface area contributed by atoms with Gasteiger partial charge in [0.2, 0.25) is 0 Å². The predicted molar refractivity (Wildman–Crippen MR) is 148 cm³/mol. The average Bonchev–Trinajstić information content (AvgIpc) is 3.25. The van der Waals surface area contributed by atoms with Crippen LogP contribution in [0.3, 0.4) is 0 Å². The van der Waals surface area contributed by atoms with Gasteiger partial charge < -0.3 is 4.74 Å². The number of carbonyl (C=O) groups is 1. The highest BCUT2D eigenvalue weighted by Crippen LogP contribution is 2.48. The van der Waals surface area contributed by atoms with Crippen LogP contribution in [0.25, 0.3) is 4.91 Å². The topological polar surface area (TPSA) is 78.3 Å². The third kappa shape index (κ3) is 8.95. The van der Waals surface area contributed by atoms with E-state index < -0.39 is 7.56 Å². The Labute approximate surface area is 206 Å². The number of esters is 1. The fourth-order valence-electron chi connectivity index (χ4n) is 3.66. The second kappa shape index (κ2) is 13.4. The van der Waals surface area contributed by atoms with Crippen LogP contribution in [0.5, 0.6) is 5.75 Å². The van der Waals surface area contributed by atoms with Crippen molar-refractivity contribution in [2.75, 3.05) is 6.16 Å². The summed E-state index contributed by atoms with van der Waals surface area (Å²) in [4.78, 5) is 14.4. The van der Waals surface area contributed by atoms with Crippen molar-refractivity contribution in [1.82, 2.24) is 0 Å². The van der Waals surface area contributed by atoms with Gasteiger partial charge in [0.15, 0.2) is 7.56 Å². The molecular weight excluding hydrogens is 467 g/mol. The molecular formula is C26H34N2O2PS2+. The van der Waals surface area contributed by atoms with Gasteiger partial charge in [-0.15, -0.1) is 0 Å². The fraction of sp³-hybridized carbons (Fsp3) is 0.346. The second-order valence-electron chi connectivity index (χ2n) is 8.35. The van der Waals surface area contributed by atoms with Gasteiger partial charge in [0.1, 0.15) is 11.1 Å². The number of rotatable bonds is 13. The van der Waals surface area contributed by atoms with Gasteiger partial charge in [-0.05, 0) is 55.2 Å². The van der Waals surface area contributed by atoms with E-state index in [0.29, 0.717) is 12.2 Å². The van der Waals surface area contributed by atoms with Crippen molar-refractivity contribution in [3.05, 3.63) is 77.7 Å². The van der Waals surface area contributed by atoms with Crippen molar-refractivity contribution in [3.8, 4) is 5.75 Å². The first-order chi connectivity index (χ1) is 15.9. The Morgan fingerprint density at radius 1 is 0.848 bits per heavy atom. The minimum atomic E-state index is -1.97. The van der Waals surface area contributed by atoms with Crippen LogP contribution < -0.4 is 21.0 Å². The number of unbranched alkanes of at least 4 members (excludes halogenated alkanes) is 6. The normalized spacial score (nSPS) is 13.8. The Kier molecular flexibility index (Phi) is 10.5. The van der Waals surface area contributed by atoms with Gasteiger partial charge >= 0.3 is 5.97 Å². The Bertz CT molecular complexity index is 947. The van der Waals surface area contributed by atoms with Gasteiger partial charge in [-0.2, -0.15) is 11.0 Å². The fourth-order valence-corrected chi connectivity index (χ4v) is 7.42. The third-order valence-corrected chi connectivity index (χ3v) is 10.2. The predicted octanol–water partition coefficient (Wildman–Crippen LogP) is 7.05. The summed E-state index contributed by atoms with van der Waals surface area (Å²) in [7, 11) is 1.40. The van der Waals surface area contributed by atoms with Gasteiger partial charge in [0.05, 0.1) is 6.16 Å². The largest absolute Gasteiger partial charge is 0.427 e. The summed E-state index contributed by atoms with van der Waals surface area (Å²) < 4.78 is 5.47. The molecule has 1 aliphatic rings. The summed E-state index contributed by atoms with van der Waals surface area (Å²) in [5, 5.41) is 1.10. The van der Waals surface area contributed by atoms with Gasteiger partial charge in [0, 0.05) is 16.2 Å². The first-order valence-electron chi connectivity index (χ1n) is 11.5. The monoisotopic (exact) mass is 501 g/mol. The highest BCUT2D eigenvalue weighted by Gasteiger charge is 2.29. The van der Waals surface area contributed by atoms with Crippen molar-refractivity contribution in [2.24, 2.45) is 11.0 Å². The molecule has 0 atom stereocenters. The smallest absolute Gasteiger partial charge is 0.311 e. The molecule has 0 aliphatic carbocycles. The van der Waals surface area contributed by atoms with E-state index in [2.05, 4.69) is 12.7 Å². The zero-order chi connectivity index (χ0) is 23.5. The number of nitrogens with two attached hydrogens (primary N) is 2. The van der Waals surface area contributed by atoms with Crippen molar-refractivity contribution in [3.63, 3.8) is 0 Å². The van der Waals surface area contributed by atoms with Crippen LogP contribution in [0, 0.1) is 0 Å². The van der Waals surface area contributed by atoms with Crippen LogP contribution >= 0.6 is 29.2 Å². The SMILES string of the molecule is C=C1C=C(c2ccc(OC(=O)CCCCCCCCC[P+](N)(N)c3ccccc3)cc2)SS1. The molecule has 33 heavy (non-hydrogen) atoms. The van der Waals surface area contributed by atoms with E-state index in [1.54, 1.807) is 21.6 Å². The molecule has 0 saturated carbocycles. The first kappa shape index (κ1) is 26.1. The Morgan fingerprint density at radius 3 is 2.12 bits per heavy atom. The molecule has 4 nitrogen and oxygen atoms in total. The standard InChI is InChI=1S/C26H34N2O2PS2/c1-21-20-25(33-32-21)22-15-17-23(18-16-22)30-26(29)14-10-5-3-2-4-6-11-19-31(27,28)24-12-8-7-9-13-24/h7-9,12-13,15-18,20H,1-6,10-11,14,19,27-28H2/q+1.